The number of nitrogens with zero attached hydrogens (tertiary/aromatic N) is 2. The van der Waals surface area contributed by atoms with Crippen LogP contribution in [0.5, 0.6) is 11.5 Å². The minimum absolute atomic E-state index is 0. The van der Waals surface area contributed by atoms with Crippen LogP contribution in [0.3, 0.4) is 0 Å². The van der Waals surface area contributed by atoms with Crippen LogP contribution in [0.2, 0.25) is 0 Å². The molecule has 2 N–H and O–H groups in total. The number of likely N-dealkylation sites (N-methyl/N-ethyl adjacent to an activating group) is 1. The Kier molecular flexibility index (Phi) is 13.0. The zero-order valence-corrected chi connectivity index (χ0v) is 21.7. The summed E-state index contributed by atoms with van der Waals surface area (Å²) in [6, 6.07) is 16.5. The van der Waals surface area contributed by atoms with Crippen molar-refractivity contribution in [1.82, 2.24) is 15.5 Å². The van der Waals surface area contributed by atoms with Gasteiger partial charge in [0.2, 0.25) is 0 Å². The van der Waals surface area contributed by atoms with Crippen LogP contribution >= 0.6 is 24.0 Å². The van der Waals surface area contributed by atoms with Gasteiger partial charge in [-0.2, -0.15) is 0 Å². The lowest BCUT2D eigenvalue weighted by Gasteiger charge is -2.20. The number of halogens is 1. The van der Waals surface area contributed by atoms with Crippen molar-refractivity contribution >= 4 is 29.9 Å². The molecule has 2 aromatic rings. The van der Waals surface area contributed by atoms with E-state index in [2.05, 4.69) is 59.5 Å². The van der Waals surface area contributed by atoms with E-state index >= 15 is 0 Å². The Hall–Kier alpha value is -2.00. The molecule has 0 heterocycles. The van der Waals surface area contributed by atoms with Crippen LogP contribution in [0.1, 0.15) is 37.9 Å². The van der Waals surface area contributed by atoms with Crippen LogP contribution in [0.15, 0.2) is 53.5 Å². The third kappa shape index (κ3) is 8.95. The Bertz CT molecular complexity index is 782. The number of aliphatic imine (C=N–C) groups is 1. The number of ether oxygens (including phenoxy) is 2. The molecule has 31 heavy (non-hydrogen) atoms. The largest absolute Gasteiger partial charge is 0.493 e. The van der Waals surface area contributed by atoms with Crippen LogP contribution in [0.25, 0.3) is 0 Å². The smallest absolute Gasteiger partial charge is 0.191 e. The zero-order chi connectivity index (χ0) is 21.8. The van der Waals surface area contributed by atoms with E-state index in [1.54, 1.807) is 14.2 Å². The van der Waals surface area contributed by atoms with Crippen molar-refractivity contribution < 1.29 is 9.47 Å². The van der Waals surface area contributed by atoms with Gasteiger partial charge in [0, 0.05) is 20.1 Å². The minimum atomic E-state index is 0. The van der Waals surface area contributed by atoms with E-state index in [1.807, 2.05) is 30.3 Å². The minimum Gasteiger partial charge on any atom is -0.493 e. The first-order valence-electron chi connectivity index (χ1n) is 10.6. The summed E-state index contributed by atoms with van der Waals surface area (Å²) in [4.78, 5) is 6.67. The van der Waals surface area contributed by atoms with E-state index in [9.17, 15) is 0 Å². The molecule has 0 saturated carbocycles. The third-order valence-electron chi connectivity index (χ3n) is 5.12. The van der Waals surface area contributed by atoms with Gasteiger partial charge in [-0.25, -0.2) is 0 Å². The second kappa shape index (κ2) is 14.9. The van der Waals surface area contributed by atoms with Crippen molar-refractivity contribution in [1.29, 1.82) is 0 Å². The highest BCUT2D eigenvalue weighted by atomic mass is 127. The molecule has 0 fully saturated rings. The Balaban J connectivity index is 0.00000480. The summed E-state index contributed by atoms with van der Waals surface area (Å²) in [7, 11) is 3.45. The number of nitrogens with one attached hydrogen (secondary N) is 2. The molecule has 0 aromatic heterocycles. The number of hydrogen-bond donors (Lipinski definition) is 2. The number of benzene rings is 2. The Morgan fingerprint density at radius 2 is 1.77 bits per heavy atom. The molecular formula is C24H37IN4O2. The number of guanidine groups is 1. The van der Waals surface area contributed by atoms with E-state index in [4.69, 9.17) is 9.47 Å². The van der Waals surface area contributed by atoms with Crippen molar-refractivity contribution in [3.05, 3.63) is 59.7 Å². The first kappa shape index (κ1) is 27.0. The molecule has 2 aromatic carbocycles. The van der Waals surface area contributed by atoms with Crippen molar-refractivity contribution in [2.45, 2.75) is 33.4 Å². The molecule has 1 unspecified atom stereocenters. The molecule has 0 aliphatic carbocycles. The quantitative estimate of drug-likeness (QED) is 0.251. The maximum Gasteiger partial charge on any atom is 0.191 e. The molecule has 6 nitrogen and oxygen atoms in total. The van der Waals surface area contributed by atoms with Crippen LogP contribution in [-0.4, -0.2) is 51.3 Å². The molecule has 7 heteroatoms. The molecule has 172 valence electrons. The van der Waals surface area contributed by atoms with Crippen molar-refractivity contribution in [3.63, 3.8) is 0 Å². The number of hydrogen-bond acceptors (Lipinski definition) is 4. The molecule has 0 bridgehead atoms. The van der Waals surface area contributed by atoms with Crippen LogP contribution < -0.4 is 20.1 Å². The highest BCUT2D eigenvalue weighted by Crippen LogP contribution is 2.28. The Morgan fingerprint density at radius 3 is 2.39 bits per heavy atom. The molecule has 1 atom stereocenters. The second-order valence-corrected chi connectivity index (χ2v) is 7.06. The molecule has 0 aliphatic heterocycles. The van der Waals surface area contributed by atoms with E-state index in [0.29, 0.717) is 13.2 Å². The van der Waals surface area contributed by atoms with Crippen LogP contribution in [0, 0.1) is 0 Å². The first-order valence-corrected chi connectivity index (χ1v) is 10.6. The summed E-state index contributed by atoms with van der Waals surface area (Å²) >= 11 is 0. The van der Waals surface area contributed by atoms with Gasteiger partial charge in [-0.3, -0.25) is 4.99 Å². The third-order valence-corrected chi connectivity index (χ3v) is 5.12. The molecule has 0 radical (unpaired) electrons. The van der Waals surface area contributed by atoms with Gasteiger partial charge in [0.1, 0.15) is 6.61 Å². The molecule has 0 saturated heterocycles. The number of methoxy groups -OCH3 is 1. The van der Waals surface area contributed by atoms with Crippen molar-refractivity contribution in [2.75, 3.05) is 40.4 Å². The monoisotopic (exact) mass is 540 g/mol. The van der Waals surface area contributed by atoms with Gasteiger partial charge >= 0.3 is 0 Å². The lowest BCUT2D eigenvalue weighted by molar-refractivity contribution is 0.217. The van der Waals surface area contributed by atoms with Gasteiger partial charge in [-0.05, 0) is 43.3 Å². The molecule has 0 aliphatic rings. The average Bonchev–Trinajstić information content (AvgIpc) is 2.80. The maximum atomic E-state index is 5.94. The lowest BCUT2D eigenvalue weighted by atomic mass is 10.1. The Labute approximate surface area is 204 Å². The standard InChI is InChI=1S/C24H36N4O2.HI/c1-6-28(7-2)15-16-30-22-14-13-20(17-23(22)29-5)18-26-24(25-4)27-19(3)21-11-9-8-10-12-21;/h8-14,17,19H,6-7,15-16,18H2,1-5H3,(H2,25,26,27);1H. The normalized spacial score (nSPS) is 12.1. The highest BCUT2D eigenvalue weighted by molar-refractivity contribution is 14.0. The first-order chi connectivity index (χ1) is 14.6. The second-order valence-electron chi connectivity index (χ2n) is 7.06. The highest BCUT2D eigenvalue weighted by Gasteiger charge is 2.10. The fourth-order valence-corrected chi connectivity index (χ4v) is 3.18. The van der Waals surface area contributed by atoms with Gasteiger partial charge in [0.25, 0.3) is 0 Å². The summed E-state index contributed by atoms with van der Waals surface area (Å²) in [6.45, 7) is 10.7. The van der Waals surface area contributed by atoms with Crippen LogP contribution in [0.4, 0.5) is 0 Å². The fraction of sp³-hybridized carbons (Fsp3) is 0.458. The maximum absolute atomic E-state index is 5.94. The molecule has 0 spiro atoms. The van der Waals surface area contributed by atoms with Crippen molar-refractivity contribution in [2.24, 2.45) is 4.99 Å². The topological polar surface area (TPSA) is 58.1 Å². The number of rotatable bonds is 11. The molecular weight excluding hydrogens is 503 g/mol. The van der Waals surface area contributed by atoms with Crippen molar-refractivity contribution in [3.8, 4) is 11.5 Å². The predicted octanol–water partition coefficient (Wildman–Crippen LogP) is 4.46. The fourth-order valence-electron chi connectivity index (χ4n) is 3.18. The molecule has 2 rings (SSSR count). The summed E-state index contributed by atoms with van der Waals surface area (Å²) in [5.74, 6) is 2.27. The summed E-state index contributed by atoms with van der Waals surface area (Å²) in [5.41, 5.74) is 2.31. The van der Waals surface area contributed by atoms with Gasteiger partial charge in [0.15, 0.2) is 17.5 Å². The van der Waals surface area contributed by atoms with Gasteiger partial charge < -0.3 is 25.0 Å². The zero-order valence-electron chi connectivity index (χ0n) is 19.4. The van der Waals surface area contributed by atoms with E-state index in [1.165, 1.54) is 5.56 Å². The lowest BCUT2D eigenvalue weighted by Crippen LogP contribution is -2.38. The van der Waals surface area contributed by atoms with E-state index < -0.39 is 0 Å². The molecule has 0 amide bonds. The van der Waals surface area contributed by atoms with E-state index in [0.717, 1.165) is 42.7 Å². The van der Waals surface area contributed by atoms with Crippen LogP contribution in [-0.2, 0) is 6.54 Å². The average molecular weight is 540 g/mol. The summed E-state index contributed by atoms with van der Waals surface area (Å²) in [5, 5.41) is 6.79. The van der Waals surface area contributed by atoms with Gasteiger partial charge in [0.05, 0.1) is 13.2 Å². The SMILES string of the molecule is CCN(CC)CCOc1ccc(CNC(=NC)NC(C)c2ccccc2)cc1OC.I. The van der Waals surface area contributed by atoms with Gasteiger partial charge in [-0.1, -0.05) is 50.2 Å². The van der Waals surface area contributed by atoms with Gasteiger partial charge in [-0.15, -0.1) is 24.0 Å². The summed E-state index contributed by atoms with van der Waals surface area (Å²) in [6.07, 6.45) is 0. The Morgan fingerprint density at radius 1 is 1.06 bits per heavy atom. The predicted molar refractivity (Wildman–Crippen MR) is 140 cm³/mol. The summed E-state index contributed by atoms with van der Waals surface area (Å²) < 4.78 is 11.5. The van der Waals surface area contributed by atoms with E-state index in [-0.39, 0.29) is 30.0 Å².